The second kappa shape index (κ2) is 8.00. The van der Waals surface area contributed by atoms with Gasteiger partial charge in [-0.05, 0) is 30.2 Å². The van der Waals surface area contributed by atoms with Crippen LogP contribution in [0.4, 0.5) is 5.69 Å². The normalized spacial score (nSPS) is 22.4. The van der Waals surface area contributed by atoms with Crippen molar-refractivity contribution in [3.05, 3.63) is 66.2 Å². The van der Waals surface area contributed by atoms with Gasteiger partial charge in [-0.1, -0.05) is 13.0 Å². The average molecular weight is 448 g/mol. The highest BCUT2D eigenvalue weighted by Crippen LogP contribution is 2.40. The third-order valence-corrected chi connectivity index (χ3v) is 6.36. The van der Waals surface area contributed by atoms with Gasteiger partial charge in [0.25, 0.3) is 0 Å². The first-order chi connectivity index (χ1) is 15.9. The van der Waals surface area contributed by atoms with E-state index in [4.69, 9.17) is 20.9 Å². The Morgan fingerprint density at radius 1 is 1.24 bits per heavy atom. The minimum absolute atomic E-state index is 0.0406. The molecule has 4 N–H and O–H groups in total. The number of ether oxygens (including phenoxy) is 2. The number of guanidine groups is 1. The van der Waals surface area contributed by atoms with Crippen LogP contribution >= 0.6 is 0 Å². The Bertz CT molecular complexity index is 1200. The Kier molecular flexibility index (Phi) is 5.13. The molecule has 1 saturated heterocycles. The highest BCUT2D eigenvalue weighted by molar-refractivity contribution is 6.02. The number of allylic oxidation sites excluding steroid dienone is 1. The summed E-state index contributed by atoms with van der Waals surface area (Å²) in [6, 6.07) is 5.97. The first-order valence-corrected chi connectivity index (χ1v) is 10.9. The molecule has 9 nitrogen and oxygen atoms in total. The van der Waals surface area contributed by atoms with Gasteiger partial charge in [-0.25, -0.2) is 4.99 Å². The summed E-state index contributed by atoms with van der Waals surface area (Å²) in [5.74, 6) is 1.61. The Hall–Kier alpha value is -3.72. The van der Waals surface area contributed by atoms with Crippen molar-refractivity contribution in [1.82, 2.24) is 14.7 Å². The van der Waals surface area contributed by atoms with Gasteiger partial charge in [-0.2, -0.15) is 5.10 Å². The number of hydrogen-bond donors (Lipinski definition) is 2. The lowest BCUT2D eigenvalue weighted by Gasteiger charge is -2.38. The molecule has 3 aliphatic heterocycles. The zero-order chi connectivity index (χ0) is 23.2. The molecule has 5 rings (SSSR count). The van der Waals surface area contributed by atoms with Gasteiger partial charge < -0.3 is 25.8 Å². The zero-order valence-electron chi connectivity index (χ0n) is 19.2. The Morgan fingerprint density at radius 2 is 2.09 bits per heavy atom. The van der Waals surface area contributed by atoms with Gasteiger partial charge in [-0.3, -0.25) is 9.58 Å². The molecule has 0 bridgehead atoms. The van der Waals surface area contributed by atoms with E-state index in [-0.39, 0.29) is 5.41 Å². The SMILES string of the molecule is COc1cc(-c2cnn(C)c2)ccc1N1C(N)=NC=C2C=CN(CC3(C)CCOC3)C(N)=C21. The fourth-order valence-corrected chi connectivity index (χ4v) is 4.51. The van der Waals surface area contributed by atoms with E-state index in [9.17, 15) is 0 Å². The molecule has 172 valence electrons. The van der Waals surface area contributed by atoms with E-state index in [2.05, 4.69) is 21.9 Å². The maximum atomic E-state index is 6.74. The van der Waals surface area contributed by atoms with E-state index in [1.165, 1.54) is 0 Å². The van der Waals surface area contributed by atoms with Gasteiger partial charge >= 0.3 is 0 Å². The summed E-state index contributed by atoms with van der Waals surface area (Å²) in [6.45, 7) is 4.49. The van der Waals surface area contributed by atoms with E-state index < -0.39 is 0 Å². The molecule has 2 aromatic rings. The lowest BCUT2D eigenvalue weighted by atomic mass is 9.89. The zero-order valence-corrected chi connectivity index (χ0v) is 19.2. The summed E-state index contributed by atoms with van der Waals surface area (Å²) in [4.78, 5) is 8.35. The van der Waals surface area contributed by atoms with Crippen LogP contribution in [0.3, 0.4) is 0 Å². The Balaban J connectivity index is 1.55. The van der Waals surface area contributed by atoms with Crippen molar-refractivity contribution in [1.29, 1.82) is 0 Å². The molecular formula is C24H29N7O2. The van der Waals surface area contributed by atoms with Crippen LogP contribution in [0.1, 0.15) is 13.3 Å². The predicted octanol–water partition coefficient (Wildman–Crippen LogP) is 2.50. The second-order valence-electron chi connectivity index (χ2n) is 8.99. The van der Waals surface area contributed by atoms with Crippen molar-refractivity contribution >= 4 is 11.6 Å². The van der Waals surface area contributed by atoms with Gasteiger partial charge in [0.05, 0.1) is 31.3 Å². The van der Waals surface area contributed by atoms with Crippen LogP contribution in [-0.2, 0) is 11.8 Å². The molecule has 3 aliphatic rings. The lowest BCUT2D eigenvalue weighted by molar-refractivity contribution is 0.145. The molecule has 1 unspecified atom stereocenters. The highest BCUT2D eigenvalue weighted by atomic mass is 16.5. The maximum absolute atomic E-state index is 6.74. The largest absolute Gasteiger partial charge is 0.495 e. The third-order valence-electron chi connectivity index (χ3n) is 6.36. The van der Waals surface area contributed by atoms with Gasteiger partial charge in [0, 0.05) is 55.3 Å². The van der Waals surface area contributed by atoms with Crippen molar-refractivity contribution in [3.8, 4) is 16.9 Å². The highest BCUT2D eigenvalue weighted by Gasteiger charge is 2.35. The standard InChI is InChI=1S/C24H29N7O2/c1-24(7-9-33-15-24)14-30-8-6-17-11-27-23(26)31(21(17)22(30)25)19-5-4-16(10-20(19)32-3)18-12-28-29(2)13-18/h4-6,8,10-13H,7,9,14-15,25H2,1-3H3,(H2,26,27). The van der Waals surface area contributed by atoms with Crippen LogP contribution in [0.15, 0.2) is 71.2 Å². The van der Waals surface area contributed by atoms with Crippen molar-refractivity contribution in [2.75, 3.05) is 31.8 Å². The quantitative estimate of drug-likeness (QED) is 0.725. The first kappa shape index (κ1) is 21.1. The molecule has 1 aromatic carbocycles. The minimum Gasteiger partial charge on any atom is -0.495 e. The van der Waals surface area contributed by atoms with Crippen molar-refractivity contribution < 1.29 is 9.47 Å². The summed E-state index contributed by atoms with van der Waals surface area (Å²) in [5.41, 5.74) is 17.6. The topological polar surface area (TPSA) is 107 Å². The number of hydrogen-bond acceptors (Lipinski definition) is 8. The molecular weight excluding hydrogens is 418 g/mol. The molecule has 0 radical (unpaired) electrons. The number of anilines is 1. The number of rotatable bonds is 5. The van der Waals surface area contributed by atoms with Gasteiger partial charge in [0.15, 0.2) is 0 Å². The van der Waals surface area contributed by atoms with Crippen LogP contribution in [0.5, 0.6) is 5.75 Å². The molecule has 0 amide bonds. The number of aryl methyl sites for hydroxylation is 1. The monoisotopic (exact) mass is 447 g/mol. The number of methoxy groups -OCH3 is 1. The molecule has 0 spiro atoms. The fraction of sp³-hybridized carbons (Fsp3) is 0.333. The minimum atomic E-state index is 0.0406. The van der Waals surface area contributed by atoms with Gasteiger partial charge in [0.2, 0.25) is 5.96 Å². The fourth-order valence-electron chi connectivity index (χ4n) is 4.51. The Labute approximate surface area is 193 Å². The predicted molar refractivity (Wildman–Crippen MR) is 128 cm³/mol. The van der Waals surface area contributed by atoms with E-state index in [0.29, 0.717) is 17.5 Å². The van der Waals surface area contributed by atoms with Crippen molar-refractivity contribution in [3.63, 3.8) is 0 Å². The summed E-state index contributed by atoms with van der Waals surface area (Å²) in [5, 5.41) is 4.27. The Morgan fingerprint density at radius 3 is 2.79 bits per heavy atom. The first-order valence-electron chi connectivity index (χ1n) is 10.9. The number of benzene rings is 1. The van der Waals surface area contributed by atoms with E-state index in [0.717, 1.165) is 54.3 Å². The number of aliphatic imine (C=N–C) groups is 1. The summed E-state index contributed by atoms with van der Waals surface area (Å²) < 4.78 is 13.2. The molecule has 33 heavy (non-hydrogen) atoms. The van der Waals surface area contributed by atoms with Crippen LogP contribution < -0.4 is 21.1 Å². The molecule has 1 fully saturated rings. The van der Waals surface area contributed by atoms with Crippen LogP contribution in [0, 0.1) is 5.41 Å². The number of nitrogens with zero attached hydrogens (tertiary/aromatic N) is 5. The van der Waals surface area contributed by atoms with Crippen LogP contribution in [-0.4, -0.2) is 47.5 Å². The molecule has 0 saturated carbocycles. The number of aromatic nitrogens is 2. The van der Waals surface area contributed by atoms with E-state index in [1.807, 2.05) is 54.8 Å². The van der Waals surface area contributed by atoms with Crippen molar-refractivity contribution in [2.45, 2.75) is 13.3 Å². The van der Waals surface area contributed by atoms with Gasteiger partial charge in [-0.15, -0.1) is 0 Å². The smallest absolute Gasteiger partial charge is 0.205 e. The number of fused-ring (bicyclic) bond motifs is 1. The van der Waals surface area contributed by atoms with Crippen molar-refractivity contribution in [2.24, 2.45) is 28.9 Å². The lowest BCUT2D eigenvalue weighted by Crippen LogP contribution is -2.45. The molecule has 0 aliphatic carbocycles. The van der Waals surface area contributed by atoms with E-state index in [1.54, 1.807) is 18.0 Å². The molecule has 1 aromatic heterocycles. The summed E-state index contributed by atoms with van der Waals surface area (Å²) in [7, 11) is 3.54. The van der Waals surface area contributed by atoms with Crippen LogP contribution in [0.25, 0.3) is 11.1 Å². The maximum Gasteiger partial charge on any atom is 0.205 e. The number of nitrogens with two attached hydrogens (primary N) is 2. The molecule has 9 heteroatoms. The molecule has 4 heterocycles. The van der Waals surface area contributed by atoms with Gasteiger partial charge in [0.1, 0.15) is 11.6 Å². The summed E-state index contributed by atoms with van der Waals surface area (Å²) >= 11 is 0. The summed E-state index contributed by atoms with van der Waals surface area (Å²) in [6.07, 6.45) is 10.6. The third kappa shape index (κ3) is 3.74. The average Bonchev–Trinajstić information content (AvgIpc) is 3.44. The van der Waals surface area contributed by atoms with E-state index >= 15 is 0 Å². The second-order valence-corrected chi connectivity index (χ2v) is 8.99. The van der Waals surface area contributed by atoms with Crippen LogP contribution in [0.2, 0.25) is 0 Å². The molecule has 1 atom stereocenters.